The Morgan fingerprint density at radius 2 is 1.80 bits per heavy atom. The third-order valence-electron chi connectivity index (χ3n) is 7.73. The van der Waals surface area contributed by atoms with Crippen LogP contribution in [-0.4, -0.2) is 104 Å². The van der Waals surface area contributed by atoms with E-state index in [-0.39, 0.29) is 35.5 Å². The van der Waals surface area contributed by atoms with Crippen LogP contribution in [0.15, 0.2) is 28.5 Å². The lowest BCUT2D eigenvalue weighted by Gasteiger charge is -2.40. The molecule has 0 saturated carbocycles. The molecule has 3 aliphatic heterocycles. The zero-order valence-corrected chi connectivity index (χ0v) is 26.0. The molecule has 3 aliphatic rings. The van der Waals surface area contributed by atoms with Gasteiger partial charge in [-0.2, -0.15) is 4.31 Å². The number of likely N-dealkylation sites (N-methyl/N-ethyl adjacent to an activating group) is 1. The average Bonchev–Trinajstić information content (AvgIpc) is 3.67. The van der Waals surface area contributed by atoms with E-state index >= 15 is 0 Å². The number of thiazole rings is 1. The molecule has 2 fully saturated rings. The largest absolute Gasteiger partial charge is 0.330 e. The van der Waals surface area contributed by atoms with Gasteiger partial charge in [0.05, 0.1) is 17.5 Å². The van der Waals surface area contributed by atoms with Crippen molar-refractivity contribution >= 4 is 70.3 Å². The van der Waals surface area contributed by atoms with Crippen LogP contribution in [0.25, 0.3) is 10.1 Å². The standard InChI is InChI=1S/C25H30ClN5O5S4/c1-28-9-6-20-22(15-28)38-24(27-20)25(32)31-11-10-30(14-19(31)16-39(33,34)29-7-2-3-8-29)40(35,36)23-12-17-4-5-18(26)13-21(17)37-23/h4-5,12-13,19H,2-3,6-11,14-16H2,1H3. The van der Waals surface area contributed by atoms with Crippen molar-refractivity contribution in [2.45, 2.75) is 36.1 Å². The first-order chi connectivity index (χ1) is 19.0. The Morgan fingerprint density at radius 3 is 2.58 bits per heavy atom. The number of thiophene rings is 1. The van der Waals surface area contributed by atoms with Crippen LogP contribution in [0.4, 0.5) is 0 Å². The van der Waals surface area contributed by atoms with Gasteiger partial charge >= 0.3 is 0 Å². The zero-order chi connectivity index (χ0) is 28.2. The summed E-state index contributed by atoms with van der Waals surface area (Å²) in [6.45, 7) is 2.52. The molecule has 216 valence electrons. The lowest BCUT2D eigenvalue weighted by molar-refractivity contribution is 0.0594. The monoisotopic (exact) mass is 643 g/mol. The Bertz CT molecular complexity index is 1670. The molecule has 1 atom stereocenters. The Kier molecular flexibility index (Phi) is 7.74. The van der Waals surface area contributed by atoms with Crippen LogP contribution in [-0.2, 0) is 33.0 Å². The van der Waals surface area contributed by atoms with Crippen LogP contribution in [0.1, 0.15) is 33.2 Å². The van der Waals surface area contributed by atoms with Crippen molar-refractivity contribution in [3.05, 3.63) is 44.9 Å². The molecule has 10 nitrogen and oxygen atoms in total. The van der Waals surface area contributed by atoms with E-state index in [9.17, 15) is 21.6 Å². The van der Waals surface area contributed by atoms with E-state index < -0.39 is 26.1 Å². The molecular weight excluding hydrogens is 614 g/mol. The van der Waals surface area contributed by atoms with Gasteiger partial charge in [0, 0.05) is 66.8 Å². The highest BCUT2D eigenvalue weighted by atomic mass is 35.5. The van der Waals surface area contributed by atoms with Crippen molar-refractivity contribution in [1.82, 2.24) is 23.4 Å². The van der Waals surface area contributed by atoms with E-state index in [1.165, 1.54) is 24.8 Å². The highest BCUT2D eigenvalue weighted by molar-refractivity contribution is 7.91. The summed E-state index contributed by atoms with van der Waals surface area (Å²) >= 11 is 8.58. The predicted octanol–water partition coefficient (Wildman–Crippen LogP) is 2.94. The van der Waals surface area contributed by atoms with Crippen molar-refractivity contribution < 1.29 is 21.6 Å². The van der Waals surface area contributed by atoms with E-state index in [1.807, 2.05) is 7.05 Å². The lowest BCUT2D eigenvalue weighted by Crippen LogP contribution is -2.59. The molecule has 2 aromatic heterocycles. The second kappa shape index (κ2) is 10.9. The summed E-state index contributed by atoms with van der Waals surface area (Å²) < 4.78 is 57.9. The first-order valence-corrected chi connectivity index (χ1v) is 18.2. The molecule has 15 heteroatoms. The molecule has 2 saturated heterocycles. The van der Waals surface area contributed by atoms with Crippen LogP contribution in [0.2, 0.25) is 5.02 Å². The number of rotatable bonds is 6. The van der Waals surface area contributed by atoms with E-state index in [4.69, 9.17) is 11.6 Å². The van der Waals surface area contributed by atoms with E-state index in [2.05, 4.69) is 9.88 Å². The van der Waals surface area contributed by atoms with E-state index in [0.29, 0.717) is 23.1 Å². The third kappa shape index (κ3) is 5.44. The number of carbonyl (C=O) groups excluding carboxylic acids is 1. The minimum Gasteiger partial charge on any atom is -0.330 e. The smallest absolute Gasteiger partial charge is 0.283 e. The Balaban J connectivity index is 1.30. The molecule has 5 heterocycles. The topological polar surface area (TPSA) is 111 Å². The number of amides is 1. The van der Waals surface area contributed by atoms with Gasteiger partial charge in [-0.25, -0.2) is 26.1 Å². The van der Waals surface area contributed by atoms with Gasteiger partial charge < -0.3 is 9.80 Å². The Hall–Kier alpha value is -1.65. The van der Waals surface area contributed by atoms with Gasteiger partial charge in [0.1, 0.15) is 4.21 Å². The highest BCUT2D eigenvalue weighted by Gasteiger charge is 2.41. The van der Waals surface area contributed by atoms with Crippen LogP contribution < -0.4 is 0 Å². The summed E-state index contributed by atoms with van der Waals surface area (Å²) in [5.41, 5.74) is 0.916. The molecule has 1 amide bonds. The van der Waals surface area contributed by atoms with Gasteiger partial charge in [-0.05, 0) is 43.5 Å². The van der Waals surface area contributed by atoms with Crippen molar-refractivity contribution in [2.24, 2.45) is 0 Å². The third-order valence-corrected chi connectivity index (χ3v) is 14.4. The van der Waals surface area contributed by atoms with Crippen molar-refractivity contribution in [3.63, 3.8) is 0 Å². The number of piperazine rings is 1. The zero-order valence-electron chi connectivity index (χ0n) is 22.0. The first-order valence-electron chi connectivity index (χ1n) is 13.2. The van der Waals surface area contributed by atoms with Gasteiger partial charge in [-0.15, -0.1) is 22.7 Å². The fourth-order valence-electron chi connectivity index (χ4n) is 5.54. The fourth-order valence-corrected chi connectivity index (χ4v) is 11.8. The number of sulfonamides is 2. The minimum absolute atomic E-state index is 0.0666. The number of hydrogen-bond acceptors (Lipinski definition) is 9. The van der Waals surface area contributed by atoms with Crippen molar-refractivity contribution in [1.29, 1.82) is 0 Å². The van der Waals surface area contributed by atoms with Gasteiger partial charge in [0.15, 0.2) is 5.01 Å². The molecule has 0 spiro atoms. The number of fused-ring (bicyclic) bond motifs is 2. The number of aromatic nitrogens is 1. The minimum atomic E-state index is -3.92. The number of halogens is 1. The molecular formula is C25H30ClN5O5S4. The van der Waals surface area contributed by atoms with Crippen LogP contribution in [0, 0.1) is 0 Å². The maximum atomic E-state index is 13.8. The fraction of sp³-hybridized carbons (Fsp3) is 0.520. The van der Waals surface area contributed by atoms with Crippen LogP contribution >= 0.6 is 34.3 Å². The van der Waals surface area contributed by atoms with Gasteiger partial charge in [-0.3, -0.25) is 4.79 Å². The molecule has 0 bridgehead atoms. The summed E-state index contributed by atoms with van der Waals surface area (Å²) in [4.78, 5) is 23.1. The second-order valence-electron chi connectivity index (χ2n) is 10.5. The summed E-state index contributed by atoms with van der Waals surface area (Å²) in [6.07, 6.45) is 2.35. The number of benzene rings is 1. The normalized spacial score (nSPS) is 21.8. The summed E-state index contributed by atoms with van der Waals surface area (Å²) in [5.74, 6) is -0.669. The molecule has 0 aliphatic carbocycles. The van der Waals surface area contributed by atoms with Crippen LogP contribution in [0.5, 0.6) is 0 Å². The summed E-state index contributed by atoms with van der Waals surface area (Å²) in [5, 5.41) is 1.63. The number of carbonyl (C=O) groups is 1. The molecule has 40 heavy (non-hydrogen) atoms. The van der Waals surface area contributed by atoms with Gasteiger partial charge in [0.25, 0.3) is 15.9 Å². The maximum absolute atomic E-state index is 13.8. The molecule has 0 N–H and O–H groups in total. The van der Waals surface area contributed by atoms with Crippen LogP contribution in [0.3, 0.4) is 0 Å². The van der Waals surface area contributed by atoms with Crippen molar-refractivity contribution in [3.8, 4) is 0 Å². The summed E-state index contributed by atoms with van der Waals surface area (Å²) in [7, 11) is -5.59. The van der Waals surface area contributed by atoms with Gasteiger partial charge in [-0.1, -0.05) is 17.7 Å². The molecule has 1 aromatic carbocycles. The van der Waals surface area contributed by atoms with E-state index in [1.54, 1.807) is 24.3 Å². The van der Waals surface area contributed by atoms with Crippen molar-refractivity contribution in [2.75, 3.05) is 52.1 Å². The molecule has 6 rings (SSSR count). The molecule has 1 unspecified atom stereocenters. The number of nitrogens with zero attached hydrogens (tertiary/aromatic N) is 5. The maximum Gasteiger partial charge on any atom is 0.283 e. The lowest BCUT2D eigenvalue weighted by atomic mass is 10.2. The molecule has 3 aromatic rings. The summed E-state index contributed by atoms with van der Waals surface area (Å²) in [6, 6.07) is 6.00. The van der Waals surface area contributed by atoms with E-state index in [0.717, 1.165) is 64.3 Å². The quantitative estimate of drug-likeness (QED) is 0.406. The highest BCUT2D eigenvalue weighted by Crippen LogP contribution is 2.34. The Labute approximate surface area is 247 Å². The predicted molar refractivity (Wildman–Crippen MR) is 157 cm³/mol. The first kappa shape index (κ1) is 28.5. The number of hydrogen-bond donors (Lipinski definition) is 0. The second-order valence-corrected chi connectivity index (χ2v) is 17.3. The molecule has 0 radical (unpaired) electrons. The average molecular weight is 644 g/mol. The Morgan fingerprint density at radius 1 is 1.02 bits per heavy atom. The SMILES string of the molecule is CN1CCc2nc(C(=O)N3CCN(S(=O)(=O)c4cc5ccc(Cl)cc5s4)CC3CS(=O)(=O)N3CCCC3)sc2C1. The van der Waals surface area contributed by atoms with Gasteiger partial charge in [0.2, 0.25) is 10.0 Å².